The number of ether oxygens (including phenoxy) is 2. The second-order valence-electron chi connectivity index (χ2n) is 7.34. The molecule has 4 rings (SSSR count). The van der Waals surface area contributed by atoms with Gasteiger partial charge in [0.15, 0.2) is 11.6 Å². The molecule has 0 radical (unpaired) electrons. The summed E-state index contributed by atoms with van der Waals surface area (Å²) in [4.78, 5) is 41.6. The van der Waals surface area contributed by atoms with Crippen LogP contribution in [0.3, 0.4) is 0 Å². The molecule has 0 spiro atoms. The van der Waals surface area contributed by atoms with Gasteiger partial charge in [-0.25, -0.2) is 9.78 Å². The molecule has 1 amide bonds. The predicted octanol–water partition coefficient (Wildman–Crippen LogP) is 3.75. The van der Waals surface area contributed by atoms with Gasteiger partial charge >= 0.3 is 5.97 Å². The number of para-hydroxylation sites is 1. The Morgan fingerprint density at radius 1 is 1.09 bits per heavy atom. The molecule has 0 aliphatic heterocycles. The molecule has 4 aromatic rings. The predicted molar refractivity (Wildman–Crippen MR) is 125 cm³/mol. The van der Waals surface area contributed by atoms with E-state index in [9.17, 15) is 14.4 Å². The Morgan fingerprint density at radius 3 is 2.61 bits per heavy atom. The molecule has 0 fully saturated rings. The Bertz CT molecular complexity index is 1380. The van der Waals surface area contributed by atoms with Gasteiger partial charge in [-0.1, -0.05) is 18.2 Å². The van der Waals surface area contributed by atoms with Crippen molar-refractivity contribution < 1.29 is 19.1 Å². The molecule has 0 aliphatic carbocycles. The molecule has 2 aromatic heterocycles. The quantitative estimate of drug-likeness (QED) is 0.419. The number of aryl methyl sites for hydroxylation is 2. The fourth-order valence-electron chi connectivity index (χ4n) is 3.15. The van der Waals surface area contributed by atoms with Gasteiger partial charge < -0.3 is 14.8 Å². The smallest absolute Gasteiger partial charge is 0.338 e. The van der Waals surface area contributed by atoms with Gasteiger partial charge in [-0.2, -0.15) is 0 Å². The van der Waals surface area contributed by atoms with Crippen LogP contribution in [-0.2, 0) is 16.1 Å². The van der Waals surface area contributed by atoms with Crippen molar-refractivity contribution in [1.29, 1.82) is 0 Å². The molecule has 9 heteroatoms. The van der Waals surface area contributed by atoms with Gasteiger partial charge in [0.25, 0.3) is 11.5 Å². The number of carbonyl (C=O) groups is 2. The summed E-state index contributed by atoms with van der Waals surface area (Å²) in [6.07, 6.45) is 0. The third-order valence-corrected chi connectivity index (χ3v) is 5.78. The standard InChI is InChI=1S/C24H21N3O5S/c1-15-5-3-4-6-20(15)31-13-21(28)25-18-9-7-17(8-10-18)23(30)32-12-19-11-22(29)27-16(2)14-33-24(27)26-19/h3-11,14H,12-13H2,1-2H3,(H,25,28). The average molecular weight is 464 g/mol. The van der Waals surface area contributed by atoms with E-state index in [2.05, 4.69) is 10.3 Å². The number of benzene rings is 2. The average Bonchev–Trinajstić information content (AvgIpc) is 3.18. The lowest BCUT2D eigenvalue weighted by atomic mass is 10.2. The van der Waals surface area contributed by atoms with E-state index < -0.39 is 5.97 Å². The van der Waals surface area contributed by atoms with Crippen LogP contribution in [0.15, 0.2) is 64.8 Å². The largest absolute Gasteiger partial charge is 0.483 e. The van der Waals surface area contributed by atoms with Crippen LogP contribution in [0.25, 0.3) is 4.96 Å². The molecule has 8 nitrogen and oxygen atoms in total. The highest BCUT2D eigenvalue weighted by atomic mass is 32.1. The molecule has 0 aliphatic rings. The summed E-state index contributed by atoms with van der Waals surface area (Å²) in [7, 11) is 0. The van der Waals surface area contributed by atoms with Crippen LogP contribution in [-0.4, -0.2) is 27.9 Å². The number of amides is 1. The van der Waals surface area contributed by atoms with Crippen molar-refractivity contribution >= 4 is 33.9 Å². The van der Waals surface area contributed by atoms with Gasteiger partial charge in [0.1, 0.15) is 12.4 Å². The van der Waals surface area contributed by atoms with Gasteiger partial charge in [-0.15, -0.1) is 11.3 Å². The zero-order valence-corrected chi connectivity index (χ0v) is 18.8. The Kier molecular flexibility index (Phi) is 6.50. The zero-order chi connectivity index (χ0) is 23.4. The number of thiazole rings is 1. The highest BCUT2D eigenvalue weighted by Crippen LogP contribution is 2.17. The van der Waals surface area contributed by atoms with Crippen LogP contribution >= 0.6 is 11.3 Å². The number of hydrogen-bond acceptors (Lipinski definition) is 7. The van der Waals surface area contributed by atoms with Crippen molar-refractivity contribution in [3.63, 3.8) is 0 Å². The van der Waals surface area contributed by atoms with Crippen LogP contribution in [0.5, 0.6) is 5.75 Å². The molecule has 2 heterocycles. The number of fused-ring (bicyclic) bond motifs is 1. The Morgan fingerprint density at radius 2 is 1.85 bits per heavy atom. The van der Waals surface area contributed by atoms with E-state index in [1.165, 1.54) is 21.8 Å². The third-order valence-electron chi connectivity index (χ3n) is 4.84. The van der Waals surface area contributed by atoms with Crippen LogP contribution < -0.4 is 15.6 Å². The number of anilines is 1. The summed E-state index contributed by atoms with van der Waals surface area (Å²) in [5.41, 5.74) is 2.76. The zero-order valence-electron chi connectivity index (χ0n) is 18.0. The summed E-state index contributed by atoms with van der Waals surface area (Å²) in [5.74, 6) is -0.221. The summed E-state index contributed by atoms with van der Waals surface area (Å²) in [5, 5.41) is 4.56. The second-order valence-corrected chi connectivity index (χ2v) is 8.17. The highest BCUT2D eigenvalue weighted by Gasteiger charge is 2.12. The molecule has 2 aromatic carbocycles. The fourth-order valence-corrected chi connectivity index (χ4v) is 4.04. The van der Waals surface area contributed by atoms with Gasteiger partial charge in [0.2, 0.25) is 0 Å². The molecule has 168 valence electrons. The normalized spacial score (nSPS) is 10.7. The van der Waals surface area contributed by atoms with E-state index in [4.69, 9.17) is 9.47 Å². The lowest BCUT2D eigenvalue weighted by molar-refractivity contribution is -0.118. The molecule has 1 N–H and O–H groups in total. The first kappa shape index (κ1) is 22.2. The second kappa shape index (κ2) is 9.66. The van der Waals surface area contributed by atoms with Crippen LogP contribution in [0, 0.1) is 13.8 Å². The summed E-state index contributed by atoms with van der Waals surface area (Å²) < 4.78 is 12.3. The highest BCUT2D eigenvalue weighted by molar-refractivity contribution is 7.15. The minimum Gasteiger partial charge on any atom is -0.483 e. The number of nitrogens with zero attached hydrogens (tertiary/aromatic N) is 2. The Labute approximate surface area is 193 Å². The molecule has 0 unspecified atom stereocenters. The minimum absolute atomic E-state index is 0.115. The molecule has 0 saturated heterocycles. The molecular weight excluding hydrogens is 442 g/mol. The fraction of sp³-hybridized carbons (Fsp3) is 0.167. The maximum Gasteiger partial charge on any atom is 0.338 e. The van der Waals surface area contributed by atoms with Crippen molar-refractivity contribution in [2.75, 3.05) is 11.9 Å². The lowest BCUT2D eigenvalue weighted by Crippen LogP contribution is -2.20. The molecular formula is C24H21N3O5S. The summed E-state index contributed by atoms with van der Waals surface area (Å²) in [6, 6.07) is 15.1. The first-order valence-electron chi connectivity index (χ1n) is 10.1. The number of hydrogen-bond donors (Lipinski definition) is 1. The number of rotatable bonds is 7. The van der Waals surface area contributed by atoms with Crippen molar-refractivity contribution in [1.82, 2.24) is 9.38 Å². The van der Waals surface area contributed by atoms with Gasteiger partial charge in [-0.3, -0.25) is 14.0 Å². The number of nitrogens with one attached hydrogen (secondary N) is 1. The van der Waals surface area contributed by atoms with E-state index >= 15 is 0 Å². The molecule has 33 heavy (non-hydrogen) atoms. The SMILES string of the molecule is Cc1ccccc1OCC(=O)Nc1ccc(C(=O)OCc2cc(=O)n3c(C)csc3n2)cc1. The number of aromatic nitrogens is 2. The maximum absolute atomic E-state index is 12.4. The van der Waals surface area contributed by atoms with Crippen molar-refractivity contribution in [2.24, 2.45) is 0 Å². The van der Waals surface area contributed by atoms with E-state index in [1.54, 1.807) is 30.3 Å². The molecule has 0 bridgehead atoms. The van der Waals surface area contributed by atoms with E-state index in [0.29, 0.717) is 27.7 Å². The summed E-state index contributed by atoms with van der Waals surface area (Å²) in [6.45, 7) is 3.49. The van der Waals surface area contributed by atoms with Crippen LogP contribution in [0.4, 0.5) is 5.69 Å². The van der Waals surface area contributed by atoms with Gasteiger partial charge in [0.05, 0.1) is 11.3 Å². The van der Waals surface area contributed by atoms with Crippen molar-refractivity contribution in [2.45, 2.75) is 20.5 Å². The minimum atomic E-state index is -0.555. The van der Waals surface area contributed by atoms with Crippen LogP contribution in [0.1, 0.15) is 27.3 Å². The first-order chi connectivity index (χ1) is 15.9. The van der Waals surface area contributed by atoms with Gasteiger partial charge in [0, 0.05) is 22.8 Å². The number of esters is 1. The van der Waals surface area contributed by atoms with Gasteiger partial charge in [-0.05, 0) is 49.7 Å². The maximum atomic E-state index is 12.4. The molecule has 0 saturated carbocycles. The Hall–Kier alpha value is -3.98. The van der Waals surface area contributed by atoms with E-state index in [0.717, 1.165) is 11.3 Å². The van der Waals surface area contributed by atoms with E-state index in [-0.39, 0.29) is 24.7 Å². The Balaban J connectivity index is 1.31. The summed E-state index contributed by atoms with van der Waals surface area (Å²) >= 11 is 1.35. The monoisotopic (exact) mass is 463 g/mol. The third kappa shape index (κ3) is 5.27. The van der Waals surface area contributed by atoms with Crippen LogP contribution in [0.2, 0.25) is 0 Å². The van der Waals surface area contributed by atoms with E-state index in [1.807, 2.05) is 37.4 Å². The lowest BCUT2D eigenvalue weighted by Gasteiger charge is -2.10. The topological polar surface area (TPSA) is 99.0 Å². The van der Waals surface area contributed by atoms with Crippen molar-refractivity contribution in [3.8, 4) is 5.75 Å². The van der Waals surface area contributed by atoms with Crippen molar-refractivity contribution in [3.05, 3.63) is 92.8 Å². The number of carbonyl (C=O) groups excluding carboxylic acids is 2. The first-order valence-corrected chi connectivity index (χ1v) is 11.0. The molecule has 0 atom stereocenters.